The lowest BCUT2D eigenvalue weighted by Gasteiger charge is -2.34. The number of hydrogen-bond donors (Lipinski definition) is 3. The van der Waals surface area contributed by atoms with Gasteiger partial charge in [-0.25, -0.2) is 4.98 Å². The molecule has 7 heteroatoms. The first-order chi connectivity index (χ1) is 14.6. The molecular formula is C24H33IN6. The Labute approximate surface area is 202 Å². The molecule has 0 unspecified atom stereocenters. The number of aliphatic imine (C=N–C) groups is 1. The highest BCUT2D eigenvalue weighted by Crippen LogP contribution is 2.21. The van der Waals surface area contributed by atoms with Gasteiger partial charge in [0.2, 0.25) is 0 Å². The Morgan fingerprint density at radius 1 is 1.16 bits per heavy atom. The summed E-state index contributed by atoms with van der Waals surface area (Å²) in [6, 6.07) is 13.1. The van der Waals surface area contributed by atoms with Gasteiger partial charge in [-0.3, -0.25) is 4.99 Å². The van der Waals surface area contributed by atoms with Crippen LogP contribution in [0.4, 0.5) is 5.82 Å². The maximum absolute atomic E-state index is 4.66. The molecule has 0 saturated carbocycles. The monoisotopic (exact) mass is 532 g/mol. The largest absolute Gasteiger partial charge is 0.361 e. The Morgan fingerprint density at radius 2 is 1.94 bits per heavy atom. The molecule has 3 N–H and O–H groups in total. The number of aromatic nitrogens is 2. The minimum Gasteiger partial charge on any atom is -0.361 e. The summed E-state index contributed by atoms with van der Waals surface area (Å²) in [5.41, 5.74) is 4.94. The van der Waals surface area contributed by atoms with E-state index in [2.05, 4.69) is 73.9 Å². The van der Waals surface area contributed by atoms with Gasteiger partial charge >= 0.3 is 0 Å². The van der Waals surface area contributed by atoms with Crippen LogP contribution in [-0.4, -0.2) is 48.7 Å². The van der Waals surface area contributed by atoms with Gasteiger partial charge in [0, 0.05) is 55.5 Å². The van der Waals surface area contributed by atoms with Gasteiger partial charge in [0.05, 0.1) is 0 Å². The van der Waals surface area contributed by atoms with E-state index in [9.17, 15) is 0 Å². The van der Waals surface area contributed by atoms with Gasteiger partial charge < -0.3 is 20.5 Å². The van der Waals surface area contributed by atoms with Crippen molar-refractivity contribution >= 4 is 46.7 Å². The second-order valence-corrected chi connectivity index (χ2v) is 8.10. The van der Waals surface area contributed by atoms with Crippen LogP contribution in [0.1, 0.15) is 29.7 Å². The van der Waals surface area contributed by atoms with E-state index in [1.165, 1.54) is 22.0 Å². The Hall–Kier alpha value is -2.29. The average molecular weight is 532 g/mol. The first-order valence-corrected chi connectivity index (χ1v) is 10.9. The number of rotatable bonds is 5. The van der Waals surface area contributed by atoms with Crippen molar-refractivity contribution in [3.63, 3.8) is 0 Å². The average Bonchev–Trinajstić information content (AvgIpc) is 3.18. The van der Waals surface area contributed by atoms with Crippen LogP contribution in [-0.2, 0) is 6.42 Å². The van der Waals surface area contributed by atoms with Crippen molar-refractivity contribution in [1.29, 1.82) is 0 Å². The molecular weight excluding hydrogens is 499 g/mol. The third kappa shape index (κ3) is 5.70. The summed E-state index contributed by atoms with van der Waals surface area (Å²) < 4.78 is 0. The highest BCUT2D eigenvalue weighted by molar-refractivity contribution is 14.0. The molecule has 4 rings (SSSR count). The molecule has 0 aliphatic carbocycles. The lowest BCUT2D eigenvalue weighted by Crippen LogP contribution is -2.49. The fourth-order valence-corrected chi connectivity index (χ4v) is 4.23. The van der Waals surface area contributed by atoms with E-state index in [1.54, 1.807) is 0 Å². The molecule has 0 radical (unpaired) electrons. The third-order valence-electron chi connectivity index (χ3n) is 5.95. The minimum absolute atomic E-state index is 0. The van der Waals surface area contributed by atoms with E-state index in [1.807, 2.05) is 20.0 Å². The normalized spacial score (nSPS) is 15.1. The van der Waals surface area contributed by atoms with E-state index < -0.39 is 0 Å². The summed E-state index contributed by atoms with van der Waals surface area (Å²) in [5.74, 6) is 1.98. The van der Waals surface area contributed by atoms with Gasteiger partial charge in [0.1, 0.15) is 5.82 Å². The number of hydrogen-bond acceptors (Lipinski definition) is 3. The molecule has 0 amide bonds. The van der Waals surface area contributed by atoms with Crippen LogP contribution in [0.15, 0.2) is 47.6 Å². The van der Waals surface area contributed by atoms with Crippen molar-refractivity contribution in [2.24, 2.45) is 4.99 Å². The van der Waals surface area contributed by atoms with Crippen LogP contribution in [0.25, 0.3) is 10.9 Å². The molecule has 0 atom stereocenters. The zero-order chi connectivity index (χ0) is 20.9. The van der Waals surface area contributed by atoms with Crippen molar-refractivity contribution in [2.45, 2.75) is 39.2 Å². The zero-order valence-corrected chi connectivity index (χ0v) is 20.9. The van der Waals surface area contributed by atoms with Crippen LogP contribution in [0.2, 0.25) is 0 Å². The molecule has 166 valence electrons. The molecule has 2 aromatic heterocycles. The number of piperidine rings is 1. The molecule has 6 nitrogen and oxygen atoms in total. The summed E-state index contributed by atoms with van der Waals surface area (Å²) in [6.45, 7) is 7.07. The molecule has 1 aromatic carbocycles. The number of aryl methyl sites for hydroxylation is 2. The number of nitrogens with zero attached hydrogens (tertiary/aromatic N) is 3. The van der Waals surface area contributed by atoms with E-state index in [0.29, 0.717) is 6.04 Å². The van der Waals surface area contributed by atoms with E-state index in [-0.39, 0.29) is 24.0 Å². The number of nitrogens with one attached hydrogen (secondary N) is 3. The van der Waals surface area contributed by atoms with Crippen molar-refractivity contribution < 1.29 is 0 Å². The van der Waals surface area contributed by atoms with Gasteiger partial charge in [-0.2, -0.15) is 0 Å². The molecule has 3 aromatic rings. The van der Waals surface area contributed by atoms with Crippen LogP contribution >= 0.6 is 24.0 Å². The SMILES string of the molecule is CN=C(NCCc1c[nH]c2c(C)cccc12)NC1CCN(c2cccc(C)n2)CC1.I. The van der Waals surface area contributed by atoms with E-state index in [4.69, 9.17) is 0 Å². The number of guanidine groups is 1. The second-order valence-electron chi connectivity index (χ2n) is 8.10. The van der Waals surface area contributed by atoms with Gasteiger partial charge in [-0.1, -0.05) is 24.3 Å². The fourth-order valence-electron chi connectivity index (χ4n) is 4.23. The fraction of sp³-hybridized carbons (Fsp3) is 0.417. The number of halogens is 1. The molecule has 1 saturated heterocycles. The Balaban J connectivity index is 0.00000272. The Morgan fingerprint density at radius 3 is 2.68 bits per heavy atom. The van der Waals surface area contributed by atoms with Crippen LogP contribution in [0.5, 0.6) is 0 Å². The van der Waals surface area contributed by atoms with Crippen molar-refractivity contribution in [3.05, 3.63) is 59.4 Å². The molecule has 1 fully saturated rings. The minimum atomic E-state index is 0. The van der Waals surface area contributed by atoms with Crippen LogP contribution < -0.4 is 15.5 Å². The summed E-state index contributed by atoms with van der Waals surface area (Å²) in [4.78, 5) is 14.9. The number of aromatic amines is 1. The number of para-hydroxylation sites is 1. The maximum Gasteiger partial charge on any atom is 0.191 e. The van der Waals surface area contributed by atoms with Crippen LogP contribution in [0, 0.1) is 13.8 Å². The number of pyridine rings is 1. The second kappa shape index (κ2) is 10.8. The molecule has 0 spiro atoms. The number of H-pyrrole nitrogens is 1. The third-order valence-corrected chi connectivity index (χ3v) is 5.95. The van der Waals surface area contributed by atoms with E-state index in [0.717, 1.165) is 56.4 Å². The molecule has 1 aliphatic heterocycles. The molecule has 1 aliphatic rings. The number of benzene rings is 1. The Kier molecular flexibility index (Phi) is 8.17. The van der Waals surface area contributed by atoms with Gasteiger partial charge in [-0.05, 0) is 56.4 Å². The lowest BCUT2D eigenvalue weighted by atomic mass is 10.1. The molecule has 0 bridgehead atoms. The van der Waals surface area contributed by atoms with Gasteiger partial charge in [0.25, 0.3) is 0 Å². The summed E-state index contributed by atoms with van der Waals surface area (Å²) in [6.07, 6.45) is 5.25. The quantitative estimate of drug-likeness (QED) is 0.262. The highest BCUT2D eigenvalue weighted by Gasteiger charge is 2.21. The predicted octanol–water partition coefficient (Wildman–Crippen LogP) is 4.17. The smallest absolute Gasteiger partial charge is 0.191 e. The van der Waals surface area contributed by atoms with Crippen molar-refractivity contribution in [3.8, 4) is 0 Å². The van der Waals surface area contributed by atoms with Crippen molar-refractivity contribution in [2.75, 3.05) is 31.6 Å². The summed E-state index contributed by atoms with van der Waals surface area (Å²) in [7, 11) is 1.84. The van der Waals surface area contributed by atoms with Crippen LogP contribution in [0.3, 0.4) is 0 Å². The lowest BCUT2D eigenvalue weighted by molar-refractivity contribution is 0.459. The standard InChI is InChI=1S/C24H32N6.HI/c1-17-6-4-8-21-19(16-27-23(17)21)10-13-26-24(25-3)29-20-11-14-30(15-12-20)22-9-5-7-18(2)28-22;/h4-9,16,20,27H,10-15H2,1-3H3,(H2,25,26,29);1H. The first-order valence-electron chi connectivity index (χ1n) is 10.9. The van der Waals surface area contributed by atoms with Gasteiger partial charge in [0.15, 0.2) is 5.96 Å². The van der Waals surface area contributed by atoms with Crippen molar-refractivity contribution in [1.82, 2.24) is 20.6 Å². The number of fused-ring (bicyclic) bond motifs is 1. The summed E-state index contributed by atoms with van der Waals surface area (Å²) >= 11 is 0. The maximum atomic E-state index is 4.66. The summed E-state index contributed by atoms with van der Waals surface area (Å²) in [5, 5.41) is 8.40. The zero-order valence-electron chi connectivity index (χ0n) is 18.6. The Bertz CT molecular complexity index is 1020. The molecule has 3 heterocycles. The van der Waals surface area contributed by atoms with Gasteiger partial charge in [-0.15, -0.1) is 24.0 Å². The predicted molar refractivity (Wildman–Crippen MR) is 141 cm³/mol. The first kappa shape index (κ1) is 23.4. The molecule has 31 heavy (non-hydrogen) atoms. The topological polar surface area (TPSA) is 68.3 Å². The highest BCUT2D eigenvalue weighted by atomic mass is 127. The number of anilines is 1. The van der Waals surface area contributed by atoms with E-state index >= 15 is 0 Å².